The lowest BCUT2D eigenvalue weighted by Crippen LogP contribution is -2.34. The van der Waals surface area contributed by atoms with Gasteiger partial charge in [-0.15, -0.1) is 0 Å². The van der Waals surface area contributed by atoms with Gasteiger partial charge < -0.3 is 10.2 Å². The first kappa shape index (κ1) is 11.4. The van der Waals surface area contributed by atoms with Crippen LogP contribution < -0.4 is 5.32 Å². The average Bonchev–Trinajstić information content (AvgIpc) is 3.02. The van der Waals surface area contributed by atoms with Crippen LogP contribution in [0, 0.1) is 5.92 Å². The van der Waals surface area contributed by atoms with Gasteiger partial charge in [-0.2, -0.15) is 0 Å². The van der Waals surface area contributed by atoms with Crippen LogP contribution in [0.4, 0.5) is 0 Å². The Morgan fingerprint density at radius 2 is 2.00 bits per heavy atom. The van der Waals surface area contributed by atoms with Crippen LogP contribution in [0.25, 0.3) is 0 Å². The third-order valence-corrected chi connectivity index (χ3v) is 3.65. The van der Waals surface area contributed by atoms with Gasteiger partial charge in [0, 0.05) is 18.6 Å². The SMILES string of the molecule is CCNC(C)CCN(CC1CC1)C1CC1. The van der Waals surface area contributed by atoms with Crippen molar-refractivity contribution < 1.29 is 0 Å². The van der Waals surface area contributed by atoms with Crippen LogP contribution in [0.5, 0.6) is 0 Å². The van der Waals surface area contributed by atoms with Gasteiger partial charge >= 0.3 is 0 Å². The van der Waals surface area contributed by atoms with E-state index in [-0.39, 0.29) is 0 Å². The van der Waals surface area contributed by atoms with E-state index in [9.17, 15) is 0 Å². The molecule has 15 heavy (non-hydrogen) atoms. The minimum Gasteiger partial charge on any atom is -0.314 e. The summed E-state index contributed by atoms with van der Waals surface area (Å²) >= 11 is 0. The molecule has 0 aromatic rings. The molecule has 88 valence electrons. The second-order valence-corrected chi connectivity index (χ2v) is 5.42. The summed E-state index contributed by atoms with van der Waals surface area (Å²) in [6, 6.07) is 1.65. The van der Waals surface area contributed by atoms with E-state index in [1.54, 1.807) is 0 Å². The Bertz CT molecular complexity index is 185. The van der Waals surface area contributed by atoms with Gasteiger partial charge in [0.05, 0.1) is 0 Å². The summed E-state index contributed by atoms with van der Waals surface area (Å²) in [6.45, 7) is 8.32. The van der Waals surface area contributed by atoms with E-state index in [0.29, 0.717) is 6.04 Å². The van der Waals surface area contributed by atoms with Crippen molar-refractivity contribution in [2.75, 3.05) is 19.6 Å². The Morgan fingerprint density at radius 3 is 2.53 bits per heavy atom. The summed E-state index contributed by atoms with van der Waals surface area (Å²) in [5.74, 6) is 1.06. The Labute approximate surface area is 94.4 Å². The smallest absolute Gasteiger partial charge is 0.00965 e. The lowest BCUT2D eigenvalue weighted by molar-refractivity contribution is 0.240. The first-order chi connectivity index (χ1) is 7.29. The molecule has 0 aliphatic heterocycles. The molecule has 1 N–H and O–H groups in total. The summed E-state index contributed by atoms with van der Waals surface area (Å²) in [5.41, 5.74) is 0. The predicted molar refractivity (Wildman–Crippen MR) is 65.1 cm³/mol. The first-order valence-corrected chi connectivity index (χ1v) is 6.77. The summed E-state index contributed by atoms with van der Waals surface area (Å²) in [4.78, 5) is 2.76. The van der Waals surface area contributed by atoms with Crippen molar-refractivity contribution in [2.45, 2.75) is 58.0 Å². The summed E-state index contributed by atoms with van der Waals surface area (Å²) in [6.07, 6.45) is 7.22. The molecule has 2 rings (SSSR count). The summed E-state index contributed by atoms with van der Waals surface area (Å²) in [5, 5.41) is 3.50. The largest absolute Gasteiger partial charge is 0.314 e. The van der Waals surface area contributed by atoms with E-state index in [1.807, 2.05) is 0 Å². The van der Waals surface area contributed by atoms with Crippen LogP contribution in [0.1, 0.15) is 46.0 Å². The Hall–Kier alpha value is -0.0800. The number of hydrogen-bond acceptors (Lipinski definition) is 2. The fraction of sp³-hybridized carbons (Fsp3) is 1.00. The Morgan fingerprint density at radius 1 is 1.27 bits per heavy atom. The second kappa shape index (κ2) is 5.31. The van der Waals surface area contributed by atoms with Gasteiger partial charge in [-0.1, -0.05) is 6.92 Å². The highest BCUT2D eigenvalue weighted by Gasteiger charge is 2.33. The molecule has 1 unspecified atom stereocenters. The maximum absolute atomic E-state index is 3.50. The third kappa shape index (κ3) is 4.12. The molecule has 2 saturated carbocycles. The molecule has 0 amide bonds. The number of nitrogens with zero attached hydrogens (tertiary/aromatic N) is 1. The third-order valence-electron chi connectivity index (χ3n) is 3.65. The predicted octanol–water partition coefficient (Wildman–Crippen LogP) is 2.25. The molecular weight excluding hydrogens is 184 g/mol. The van der Waals surface area contributed by atoms with Gasteiger partial charge in [-0.3, -0.25) is 0 Å². The van der Waals surface area contributed by atoms with E-state index in [2.05, 4.69) is 24.1 Å². The van der Waals surface area contributed by atoms with Gasteiger partial charge in [-0.25, -0.2) is 0 Å². The average molecular weight is 210 g/mol. The van der Waals surface area contributed by atoms with Crippen molar-refractivity contribution in [1.29, 1.82) is 0 Å². The van der Waals surface area contributed by atoms with Crippen molar-refractivity contribution in [3.05, 3.63) is 0 Å². The highest BCUT2D eigenvalue weighted by molar-refractivity contribution is 4.88. The maximum atomic E-state index is 3.50. The zero-order valence-corrected chi connectivity index (χ0v) is 10.3. The van der Waals surface area contributed by atoms with E-state index in [0.717, 1.165) is 18.5 Å². The number of rotatable bonds is 8. The minimum absolute atomic E-state index is 0.690. The van der Waals surface area contributed by atoms with Crippen LogP contribution in [-0.4, -0.2) is 36.6 Å². The molecule has 2 fully saturated rings. The molecule has 0 radical (unpaired) electrons. The van der Waals surface area contributed by atoms with Crippen LogP contribution >= 0.6 is 0 Å². The Kier molecular flexibility index (Phi) is 4.04. The highest BCUT2D eigenvalue weighted by atomic mass is 15.2. The van der Waals surface area contributed by atoms with Crippen molar-refractivity contribution in [1.82, 2.24) is 10.2 Å². The van der Waals surface area contributed by atoms with Gasteiger partial charge in [-0.05, 0) is 58.0 Å². The maximum Gasteiger partial charge on any atom is 0.00965 e. The molecule has 2 aliphatic rings. The van der Waals surface area contributed by atoms with E-state index in [4.69, 9.17) is 0 Å². The van der Waals surface area contributed by atoms with Crippen LogP contribution in [0.15, 0.2) is 0 Å². The topological polar surface area (TPSA) is 15.3 Å². The van der Waals surface area contributed by atoms with Crippen molar-refractivity contribution in [3.8, 4) is 0 Å². The zero-order valence-electron chi connectivity index (χ0n) is 10.3. The van der Waals surface area contributed by atoms with Gasteiger partial charge in [0.1, 0.15) is 0 Å². The summed E-state index contributed by atoms with van der Waals surface area (Å²) < 4.78 is 0. The molecule has 2 nitrogen and oxygen atoms in total. The van der Waals surface area contributed by atoms with E-state index >= 15 is 0 Å². The molecule has 0 spiro atoms. The molecule has 1 atom stereocenters. The standard InChI is InChI=1S/C13H26N2/c1-3-14-11(2)8-9-15(13-6-7-13)10-12-4-5-12/h11-14H,3-10H2,1-2H3. The lowest BCUT2D eigenvalue weighted by Gasteiger charge is -2.23. The molecule has 0 aromatic carbocycles. The van der Waals surface area contributed by atoms with E-state index < -0.39 is 0 Å². The minimum atomic E-state index is 0.690. The lowest BCUT2D eigenvalue weighted by atomic mass is 10.2. The fourth-order valence-electron chi connectivity index (χ4n) is 2.30. The first-order valence-electron chi connectivity index (χ1n) is 6.77. The molecule has 0 aromatic heterocycles. The second-order valence-electron chi connectivity index (χ2n) is 5.42. The molecular formula is C13H26N2. The molecule has 0 heterocycles. The normalized spacial score (nSPS) is 23.4. The zero-order chi connectivity index (χ0) is 10.7. The molecule has 2 heteroatoms. The van der Waals surface area contributed by atoms with Gasteiger partial charge in [0.25, 0.3) is 0 Å². The van der Waals surface area contributed by atoms with Gasteiger partial charge in [0.15, 0.2) is 0 Å². The quantitative estimate of drug-likeness (QED) is 0.661. The number of nitrogens with one attached hydrogen (secondary N) is 1. The molecule has 2 aliphatic carbocycles. The van der Waals surface area contributed by atoms with Crippen LogP contribution in [-0.2, 0) is 0 Å². The monoisotopic (exact) mass is 210 g/mol. The van der Waals surface area contributed by atoms with Gasteiger partial charge in [0.2, 0.25) is 0 Å². The summed E-state index contributed by atoms with van der Waals surface area (Å²) in [7, 11) is 0. The fourth-order valence-corrected chi connectivity index (χ4v) is 2.30. The Balaban J connectivity index is 1.64. The molecule has 0 bridgehead atoms. The van der Waals surface area contributed by atoms with Crippen LogP contribution in [0.2, 0.25) is 0 Å². The van der Waals surface area contributed by atoms with E-state index in [1.165, 1.54) is 45.2 Å². The highest BCUT2D eigenvalue weighted by Crippen LogP contribution is 2.34. The number of hydrogen-bond donors (Lipinski definition) is 1. The molecule has 0 saturated heterocycles. The van der Waals surface area contributed by atoms with Crippen LogP contribution in [0.3, 0.4) is 0 Å². The van der Waals surface area contributed by atoms with Crippen molar-refractivity contribution in [2.24, 2.45) is 5.92 Å². The van der Waals surface area contributed by atoms with Crippen molar-refractivity contribution in [3.63, 3.8) is 0 Å². The van der Waals surface area contributed by atoms with Crippen molar-refractivity contribution >= 4 is 0 Å².